The summed E-state index contributed by atoms with van der Waals surface area (Å²) in [4.78, 5) is 0. The van der Waals surface area contributed by atoms with Crippen molar-refractivity contribution in [2.24, 2.45) is 0 Å². The van der Waals surface area contributed by atoms with Crippen LogP contribution < -0.4 is 5.32 Å². The van der Waals surface area contributed by atoms with E-state index in [1.807, 2.05) is 37.4 Å². The number of hydrogen-bond donors (Lipinski definition) is 1. The molecule has 1 N–H and O–H groups in total. The van der Waals surface area contributed by atoms with Crippen LogP contribution in [-0.2, 0) is 0 Å². The molecule has 0 radical (unpaired) electrons. The molecule has 0 bridgehead atoms. The lowest BCUT2D eigenvalue weighted by Gasteiger charge is -2.14. The van der Waals surface area contributed by atoms with Gasteiger partial charge in [0.2, 0.25) is 0 Å². The first-order chi connectivity index (χ1) is 9.69. The molecule has 1 atom stereocenters. The molecule has 0 amide bonds. The van der Waals surface area contributed by atoms with Gasteiger partial charge in [-0.15, -0.1) is 0 Å². The maximum atomic E-state index is 13.3. The van der Waals surface area contributed by atoms with Crippen LogP contribution in [0.4, 0.5) is 4.39 Å². The lowest BCUT2D eigenvalue weighted by Crippen LogP contribution is -2.17. The van der Waals surface area contributed by atoms with E-state index in [-0.39, 0.29) is 11.9 Å². The van der Waals surface area contributed by atoms with Crippen LogP contribution in [0.3, 0.4) is 0 Å². The van der Waals surface area contributed by atoms with Crippen LogP contribution in [0.1, 0.15) is 17.4 Å². The van der Waals surface area contributed by atoms with Crippen molar-refractivity contribution in [1.82, 2.24) is 5.32 Å². The standard InChI is InChI=1S/C16H13BrFNO/c1-19-16(11-6-7-13(18)12(17)8-11)15-9-10-4-2-3-5-14(10)20-15/h2-9,16,19H,1H3. The van der Waals surface area contributed by atoms with Crippen molar-refractivity contribution >= 4 is 26.9 Å². The van der Waals surface area contributed by atoms with E-state index in [0.29, 0.717) is 4.47 Å². The van der Waals surface area contributed by atoms with Gasteiger partial charge in [-0.3, -0.25) is 0 Å². The fourth-order valence-corrected chi connectivity index (χ4v) is 2.71. The summed E-state index contributed by atoms with van der Waals surface area (Å²) in [6, 6.07) is 14.7. The zero-order valence-corrected chi connectivity index (χ0v) is 12.4. The number of rotatable bonds is 3. The quantitative estimate of drug-likeness (QED) is 0.755. The topological polar surface area (TPSA) is 25.2 Å². The molecule has 3 rings (SSSR count). The predicted molar refractivity (Wildman–Crippen MR) is 81.2 cm³/mol. The zero-order chi connectivity index (χ0) is 14.1. The predicted octanol–water partition coefficient (Wildman–Crippen LogP) is 4.64. The molecule has 0 saturated carbocycles. The van der Waals surface area contributed by atoms with Crippen molar-refractivity contribution in [1.29, 1.82) is 0 Å². The van der Waals surface area contributed by atoms with E-state index >= 15 is 0 Å². The molecule has 0 aliphatic carbocycles. The van der Waals surface area contributed by atoms with Gasteiger partial charge in [0.15, 0.2) is 0 Å². The number of furan rings is 1. The molecule has 1 unspecified atom stereocenters. The molecule has 2 nitrogen and oxygen atoms in total. The van der Waals surface area contributed by atoms with E-state index in [4.69, 9.17) is 4.42 Å². The highest BCUT2D eigenvalue weighted by atomic mass is 79.9. The minimum atomic E-state index is -0.270. The second-order valence-corrected chi connectivity index (χ2v) is 5.44. The number of halogens is 2. The number of benzene rings is 2. The van der Waals surface area contributed by atoms with Crippen molar-refractivity contribution in [3.63, 3.8) is 0 Å². The van der Waals surface area contributed by atoms with E-state index in [1.165, 1.54) is 6.07 Å². The lowest BCUT2D eigenvalue weighted by atomic mass is 10.0. The molecule has 1 aromatic heterocycles. The minimum absolute atomic E-state index is 0.112. The molecule has 3 aromatic rings. The van der Waals surface area contributed by atoms with Crippen molar-refractivity contribution in [2.45, 2.75) is 6.04 Å². The van der Waals surface area contributed by atoms with E-state index in [1.54, 1.807) is 12.1 Å². The van der Waals surface area contributed by atoms with Gasteiger partial charge >= 0.3 is 0 Å². The Morgan fingerprint density at radius 3 is 2.65 bits per heavy atom. The molecule has 0 fully saturated rings. The summed E-state index contributed by atoms with van der Waals surface area (Å²) < 4.78 is 19.7. The molecule has 0 aliphatic rings. The Kier molecular flexibility index (Phi) is 3.59. The Morgan fingerprint density at radius 1 is 1.15 bits per heavy atom. The first-order valence-corrected chi connectivity index (χ1v) is 7.09. The van der Waals surface area contributed by atoms with E-state index in [9.17, 15) is 4.39 Å². The molecule has 4 heteroatoms. The molecule has 2 aromatic carbocycles. The maximum absolute atomic E-state index is 13.3. The van der Waals surface area contributed by atoms with Gasteiger partial charge in [0.25, 0.3) is 0 Å². The first kappa shape index (κ1) is 13.3. The van der Waals surface area contributed by atoms with Crippen molar-refractivity contribution in [3.8, 4) is 0 Å². The highest BCUT2D eigenvalue weighted by Crippen LogP contribution is 2.30. The molecule has 20 heavy (non-hydrogen) atoms. The fourth-order valence-electron chi connectivity index (χ4n) is 2.31. The number of para-hydroxylation sites is 1. The van der Waals surface area contributed by atoms with Crippen molar-refractivity contribution in [2.75, 3.05) is 7.05 Å². The lowest BCUT2D eigenvalue weighted by molar-refractivity contribution is 0.491. The first-order valence-electron chi connectivity index (χ1n) is 6.29. The molecule has 0 aliphatic heterocycles. The van der Waals surface area contributed by atoms with E-state index in [2.05, 4.69) is 21.2 Å². The highest BCUT2D eigenvalue weighted by Gasteiger charge is 2.17. The summed E-state index contributed by atoms with van der Waals surface area (Å²) in [5.74, 6) is 0.542. The van der Waals surface area contributed by atoms with Crippen LogP contribution in [0.25, 0.3) is 11.0 Å². The van der Waals surface area contributed by atoms with Crippen molar-refractivity contribution < 1.29 is 8.81 Å². The second-order valence-electron chi connectivity index (χ2n) is 4.58. The maximum Gasteiger partial charge on any atom is 0.137 e. The molecule has 0 spiro atoms. The van der Waals surface area contributed by atoms with E-state index < -0.39 is 0 Å². The van der Waals surface area contributed by atoms with E-state index in [0.717, 1.165) is 22.3 Å². The van der Waals surface area contributed by atoms with Gasteiger partial charge in [0.1, 0.15) is 17.2 Å². The average Bonchev–Trinajstić information content (AvgIpc) is 2.87. The smallest absolute Gasteiger partial charge is 0.137 e. The number of nitrogens with one attached hydrogen (secondary N) is 1. The van der Waals surface area contributed by atoms with Crippen LogP contribution in [0.15, 0.2) is 57.4 Å². The van der Waals surface area contributed by atoms with Crippen LogP contribution in [-0.4, -0.2) is 7.05 Å². The SMILES string of the molecule is CNC(c1ccc(F)c(Br)c1)c1cc2ccccc2o1. The summed E-state index contributed by atoms with van der Waals surface area (Å²) >= 11 is 3.22. The molecule has 0 saturated heterocycles. The Labute approximate surface area is 124 Å². The Morgan fingerprint density at radius 2 is 1.95 bits per heavy atom. The van der Waals surface area contributed by atoms with Gasteiger partial charge in [0.05, 0.1) is 10.5 Å². The van der Waals surface area contributed by atoms with Gasteiger partial charge in [0, 0.05) is 5.39 Å². The molecule has 1 heterocycles. The normalized spacial score (nSPS) is 12.8. The monoisotopic (exact) mass is 333 g/mol. The van der Waals surface area contributed by atoms with Crippen molar-refractivity contribution in [3.05, 3.63) is 70.1 Å². The summed E-state index contributed by atoms with van der Waals surface area (Å²) in [6.07, 6.45) is 0. The third kappa shape index (κ3) is 2.37. The van der Waals surface area contributed by atoms with Crippen LogP contribution in [0.5, 0.6) is 0 Å². The third-order valence-corrected chi connectivity index (χ3v) is 3.90. The Hall–Kier alpha value is -1.65. The Balaban J connectivity index is 2.06. The summed E-state index contributed by atoms with van der Waals surface area (Å²) in [5, 5.41) is 4.26. The zero-order valence-electron chi connectivity index (χ0n) is 10.9. The molecular formula is C16H13BrFNO. The largest absolute Gasteiger partial charge is 0.459 e. The summed E-state index contributed by atoms with van der Waals surface area (Å²) in [6.45, 7) is 0. The molecular weight excluding hydrogens is 321 g/mol. The van der Waals surface area contributed by atoms with Gasteiger partial charge in [-0.1, -0.05) is 24.3 Å². The third-order valence-electron chi connectivity index (χ3n) is 3.29. The number of hydrogen-bond acceptors (Lipinski definition) is 2. The van der Waals surface area contributed by atoms with Gasteiger partial charge in [-0.2, -0.15) is 0 Å². The fraction of sp³-hybridized carbons (Fsp3) is 0.125. The second kappa shape index (κ2) is 5.38. The van der Waals surface area contributed by atoms with Crippen LogP contribution in [0.2, 0.25) is 0 Å². The van der Waals surface area contributed by atoms with Gasteiger partial charge in [-0.05, 0) is 52.8 Å². The average molecular weight is 334 g/mol. The Bertz CT molecular complexity index is 720. The van der Waals surface area contributed by atoms with Crippen LogP contribution >= 0.6 is 15.9 Å². The van der Waals surface area contributed by atoms with Gasteiger partial charge < -0.3 is 9.73 Å². The summed E-state index contributed by atoms with van der Waals surface area (Å²) in [5.41, 5.74) is 1.80. The number of fused-ring (bicyclic) bond motifs is 1. The molecule has 102 valence electrons. The van der Waals surface area contributed by atoms with Gasteiger partial charge in [-0.25, -0.2) is 4.39 Å². The minimum Gasteiger partial charge on any atom is -0.459 e. The van der Waals surface area contributed by atoms with Crippen LogP contribution in [0, 0.1) is 5.82 Å². The highest BCUT2D eigenvalue weighted by molar-refractivity contribution is 9.10. The summed E-state index contributed by atoms with van der Waals surface area (Å²) in [7, 11) is 1.86.